The van der Waals surface area contributed by atoms with Gasteiger partial charge in [-0.3, -0.25) is 4.79 Å². The first-order chi connectivity index (χ1) is 14.0. The second kappa shape index (κ2) is 11.8. The number of methoxy groups -OCH3 is 1. The van der Waals surface area contributed by atoms with Crippen LogP contribution >= 0.6 is 0 Å². The lowest BCUT2D eigenvalue weighted by atomic mass is 10.1. The maximum atomic E-state index is 12.9. The van der Waals surface area contributed by atoms with Crippen LogP contribution in [0.25, 0.3) is 0 Å². The largest absolute Gasteiger partial charge is 0.454 e. The first kappa shape index (κ1) is 22.4. The monoisotopic (exact) mass is 396 g/mol. The third-order valence-corrected chi connectivity index (χ3v) is 4.42. The van der Waals surface area contributed by atoms with Crippen LogP contribution in [0, 0.1) is 0 Å². The van der Waals surface area contributed by atoms with Gasteiger partial charge >= 0.3 is 11.9 Å². The summed E-state index contributed by atoms with van der Waals surface area (Å²) in [6.07, 6.45) is 3.80. The van der Waals surface area contributed by atoms with Crippen LogP contribution in [0.2, 0.25) is 0 Å². The molecule has 0 N–H and O–H groups in total. The number of ether oxygens (including phenoxy) is 3. The topological polar surface area (TPSA) is 61.8 Å². The average Bonchev–Trinajstić information content (AvgIpc) is 2.74. The molecule has 2 aromatic carbocycles. The van der Waals surface area contributed by atoms with Gasteiger partial charge in [-0.2, -0.15) is 0 Å². The van der Waals surface area contributed by atoms with E-state index in [2.05, 4.69) is 0 Å². The number of carbonyl (C=O) groups is 2. The Labute approximate surface area is 172 Å². The molecule has 0 amide bonds. The molecule has 0 aromatic heterocycles. The van der Waals surface area contributed by atoms with Crippen molar-refractivity contribution in [1.82, 2.24) is 0 Å². The van der Waals surface area contributed by atoms with Gasteiger partial charge in [0.1, 0.15) is 6.10 Å². The van der Waals surface area contributed by atoms with Crippen LogP contribution in [-0.4, -0.2) is 25.2 Å². The van der Waals surface area contributed by atoms with Crippen LogP contribution in [0.5, 0.6) is 0 Å². The molecule has 29 heavy (non-hydrogen) atoms. The van der Waals surface area contributed by atoms with Crippen LogP contribution in [0.4, 0.5) is 0 Å². The van der Waals surface area contributed by atoms with Gasteiger partial charge in [-0.05, 0) is 18.9 Å². The van der Waals surface area contributed by atoms with Crippen molar-refractivity contribution in [2.45, 2.75) is 45.0 Å². The summed E-state index contributed by atoms with van der Waals surface area (Å²) < 4.78 is 16.3. The first-order valence-electron chi connectivity index (χ1n) is 9.66. The Morgan fingerprint density at radius 2 is 1.41 bits per heavy atom. The van der Waals surface area contributed by atoms with Gasteiger partial charge < -0.3 is 14.2 Å². The molecule has 154 valence electrons. The number of esters is 2. The molecule has 2 aromatic rings. The van der Waals surface area contributed by atoms with Crippen LogP contribution in [0.1, 0.15) is 50.0 Å². The van der Waals surface area contributed by atoms with E-state index in [0.29, 0.717) is 12.0 Å². The van der Waals surface area contributed by atoms with Gasteiger partial charge in [0, 0.05) is 26.0 Å². The molecular formula is C24H28O5. The fraction of sp³-hybridized carbons (Fsp3) is 0.333. The SMILES string of the molecule is CO[C@H](C)C/C=C\C[C@@H](OC(=O)[C@H](OC(C)=O)c1ccccc1)c1ccccc1. The number of carbonyl (C=O) groups excluding carboxylic acids is 2. The van der Waals surface area contributed by atoms with Crippen molar-refractivity contribution in [3.63, 3.8) is 0 Å². The molecule has 0 bridgehead atoms. The molecule has 5 heteroatoms. The Balaban J connectivity index is 2.17. The van der Waals surface area contributed by atoms with Gasteiger partial charge in [-0.25, -0.2) is 4.79 Å². The Bertz CT molecular complexity index is 785. The van der Waals surface area contributed by atoms with E-state index < -0.39 is 24.1 Å². The van der Waals surface area contributed by atoms with Crippen LogP contribution < -0.4 is 0 Å². The van der Waals surface area contributed by atoms with Gasteiger partial charge in [0.25, 0.3) is 0 Å². The summed E-state index contributed by atoms with van der Waals surface area (Å²) in [5.41, 5.74) is 1.45. The standard InChI is InChI=1S/C24H28O5/c1-18(27-3)12-10-11-17-22(20-13-6-4-7-14-20)29-24(26)23(28-19(2)25)21-15-8-5-9-16-21/h4-11,13-16,18,22-23H,12,17H2,1-3H3/b11-10-/t18-,22-,23-/m1/s1. The van der Waals surface area contributed by atoms with Crippen molar-refractivity contribution in [2.24, 2.45) is 0 Å². The molecular weight excluding hydrogens is 368 g/mol. The zero-order chi connectivity index (χ0) is 21.1. The van der Waals surface area contributed by atoms with Crippen molar-refractivity contribution in [1.29, 1.82) is 0 Å². The summed E-state index contributed by atoms with van der Waals surface area (Å²) in [5, 5.41) is 0. The molecule has 0 unspecified atom stereocenters. The molecule has 0 fully saturated rings. The number of benzene rings is 2. The van der Waals surface area contributed by atoms with Gasteiger partial charge in [-0.15, -0.1) is 0 Å². The van der Waals surface area contributed by atoms with Gasteiger partial charge in [-0.1, -0.05) is 72.8 Å². The zero-order valence-corrected chi connectivity index (χ0v) is 17.1. The van der Waals surface area contributed by atoms with Crippen molar-refractivity contribution in [2.75, 3.05) is 7.11 Å². The molecule has 0 aliphatic carbocycles. The summed E-state index contributed by atoms with van der Waals surface area (Å²) >= 11 is 0. The third-order valence-electron chi connectivity index (χ3n) is 4.42. The van der Waals surface area contributed by atoms with E-state index in [-0.39, 0.29) is 6.10 Å². The minimum absolute atomic E-state index is 0.121. The highest BCUT2D eigenvalue weighted by Gasteiger charge is 2.28. The van der Waals surface area contributed by atoms with E-state index in [0.717, 1.165) is 12.0 Å². The molecule has 0 saturated heterocycles. The Kier molecular flexibility index (Phi) is 9.12. The van der Waals surface area contributed by atoms with E-state index in [4.69, 9.17) is 14.2 Å². The average molecular weight is 396 g/mol. The molecule has 0 heterocycles. The maximum Gasteiger partial charge on any atom is 0.352 e. The lowest BCUT2D eigenvalue weighted by Gasteiger charge is -2.21. The predicted octanol–water partition coefficient (Wildman–Crippen LogP) is 4.95. The van der Waals surface area contributed by atoms with Crippen molar-refractivity contribution < 1.29 is 23.8 Å². The van der Waals surface area contributed by atoms with E-state index >= 15 is 0 Å². The molecule has 0 aliphatic heterocycles. The Morgan fingerprint density at radius 3 is 1.97 bits per heavy atom. The van der Waals surface area contributed by atoms with E-state index in [1.807, 2.05) is 55.5 Å². The number of hydrogen-bond donors (Lipinski definition) is 0. The smallest absolute Gasteiger partial charge is 0.352 e. The van der Waals surface area contributed by atoms with Gasteiger partial charge in [0.05, 0.1) is 6.10 Å². The minimum atomic E-state index is -1.10. The van der Waals surface area contributed by atoms with Crippen molar-refractivity contribution in [3.8, 4) is 0 Å². The van der Waals surface area contributed by atoms with Gasteiger partial charge in [0.2, 0.25) is 6.10 Å². The third kappa shape index (κ3) is 7.54. The summed E-state index contributed by atoms with van der Waals surface area (Å²) in [6, 6.07) is 18.4. The highest BCUT2D eigenvalue weighted by atomic mass is 16.6. The van der Waals surface area contributed by atoms with Crippen LogP contribution in [-0.2, 0) is 23.8 Å². The fourth-order valence-electron chi connectivity index (χ4n) is 2.77. The molecule has 5 nitrogen and oxygen atoms in total. The summed E-state index contributed by atoms with van der Waals surface area (Å²) in [6.45, 7) is 3.26. The second-order valence-electron chi connectivity index (χ2n) is 6.73. The highest BCUT2D eigenvalue weighted by Crippen LogP contribution is 2.27. The number of hydrogen-bond acceptors (Lipinski definition) is 5. The maximum absolute atomic E-state index is 12.9. The van der Waals surface area contributed by atoms with E-state index in [1.54, 1.807) is 31.4 Å². The normalized spacial score (nSPS) is 14.2. The minimum Gasteiger partial charge on any atom is -0.454 e. The summed E-state index contributed by atoms with van der Waals surface area (Å²) in [7, 11) is 1.67. The Morgan fingerprint density at radius 1 is 0.862 bits per heavy atom. The molecule has 0 aliphatic rings. The van der Waals surface area contributed by atoms with E-state index in [9.17, 15) is 9.59 Å². The number of rotatable bonds is 10. The molecule has 0 spiro atoms. The van der Waals surface area contributed by atoms with Gasteiger partial charge in [0.15, 0.2) is 0 Å². The first-order valence-corrected chi connectivity index (χ1v) is 9.66. The second-order valence-corrected chi connectivity index (χ2v) is 6.73. The highest BCUT2D eigenvalue weighted by molar-refractivity contribution is 5.80. The quantitative estimate of drug-likeness (QED) is 0.420. The van der Waals surface area contributed by atoms with E-state index in [1.165, 1.54) is 6.92 Å². The van der Waals surface area contributed by atoms with Crippen molar-refractivity contribution in [3.05, 3.63) is 83.9 Å². The molecule has 2 rings (SSSR count). The molecule has 3 atom stereocenters. The van der Waals surface area contributed by atoms with Crippen LogP contribution in [0.3, 0.4) is 0 Å². The summed E-state index contributed by atoms with van der Waals surface area (Å²) in [4.78, 5) is 24.4. The zero-order valence-electron chi connectivity index (χ0n) is 17.1. The molecule has 0 radical (unpaired) electrons. The predicted molar refractivity (Wildman–Crippen MR) is 111 cm³/mol. The lowest BCUT2D eigenvalue weighted by Crippen LogP contribution is -2.23. The fourth-order valence-corrected chi connectivity index (χ4v) is 2.77. The van der Waals surface area contributed by atoms with Crippen LogP contribution in [0.15, 0.2) is 72.8 Å². The van der Waals surface area contributed by atoms with Crippen molar-refractivity contribution >= 4 is 11.9 Å². The lowest BCUT2D eigenvalue weighted by molar-refractivity contribution is -0.171. The molecule has 0 saturated carbocycles. The summed E-state index contributed by atoms with van der Waals surface area (Å²) in [5.74, 6) is -1.14. The Hall–Kier alpha value is -2.92.